The first kappa shape index (κ1) is 26.4. The third-order valence-corrected chi connectivity index (χ3v) is 4.77. The molecule has 8 heteroatoms. The van der Waals surface area contributed by atoms with Gasteiger partial charge in [0.15, 0.2) is 5.96 Å². The van der Waals surface area contributed by atoms with Crippen LogP contribution in [-0.4, -0.2) is 23.4 Å². The molecule has 3 rings (SSSR count). The minimum Gasteiger partial charge on any atom is -0.444 e. The largest absolute Gasteiger partial charge is 0.444 e. The Morgan fingerprint density at radius 1 is 1.03 bits per heavy atom. The summed E-state index contributed by atoms with van der Waals surface area (Å²) < 4.78 is 5.62. The summed E-state index contributed by atoms with van der Waals surface area (Å²) in [5, 5.41) is 9.43. The first-order valence-electron chi connectivity index (χ1n) is 11.0. The van der Waals surface area contributed by atoms with Crippen molar-refractivity contribution in [2.45, 2.75) is 46.7 Å². The maximum absolute atomic E-state index is 11.7. The van der Waals surface area contributed by atoms with E-state index in [0.29, 0.717) is 31.4 Å². The second kappa shape index (κ2) is 13.6. The molecule has 0 aliphatic rings. The van der Waals surface area contributed by atoms with Gasteiger partial charge in [-0.3, -0.25) is 4.79 Å². The number of aromatic nitrogens is 1. The first-order valence-corrected chi connectivity index (χ1v) is 11.0. The van der Waals surface area contributed by atoms with Crippen LogP contribution in [0.5, 0.6) is 0 Å². The highest BCUT2D eigenvalue weighted by Gasteiger charge is 2.07. The second-order valence-corrected chi connectivity index (χ2v) is 7.55. The smallest absolute Gasteiger partial charge is 0.226 e. The average molecular weight is 561 g/mol. The number of guanidine groups is 1. The van der Waals surface area contributed by atoms with Crippen molar-refractivity contribution in [1.82, 2.24) is 15.6 Å². The number of amides is 1. The van der Waals surface area contributed by atoms with E-state index in [2.05, 4.69) is 32.9 Å². The Balaban J connectivity index is 0.00000385. The Morgan fingerprint density at radius 2 is 1.76 bits per heavy atom. The molecule has 0 bridgehead atoms. The summed E-state index contributed by atoms with van der Waals surface area (Å²) in [5.41, 5.74) is 4.81. The molecular formula is C25H32IN5O2. The molecule has 1 heterocycles. The van der Waals surface area contributed by atoms with E-state index in [0.717, 1.165) is 35.5 Å². The Labute approximate surface area is 212 Å². The second-order valence-electron chi connectivity index (χ2n) is 7.55. The predicted octanol–water partition coefficient (Wildman–Crippen LogP) is 5.26. The van der Waals surface area contributed by atoms with E-state index in [1.807, 2.05) is 62.4 Å². The third kappa shape index (κ3) is 8.53. The van der Waals surface area contributed by atoms with Gasteiger partial charge in [0.2, 0.25) is 11.8 Å². The van der Waals surface area contributed by atoms with Gasteiger partial charge in [-0.15, -0.1) is 24.0 Å². The van der Waals surface area contributed by atoms with Crippen molar-refractivity contribution in [3.63, 3.8) is 0 Å². The number of rotatable bonds is 9. The van der Waals surface area contributed by atoms with Crippen molar-refractivity contribution >= 4 is 41.5 Å². The lowest BCUT2D eigenvalue weighted by Gasteiger charge is -2.10. The fourth-order valence-electron chi connectivity index (χ4n) is 3.05. The van der Waals surface area contributed by atoms with E-state index in [1.54, 1.807) is 6.26 Å². The number of oxazole rings is 1. The Hall–Kier alpha value is -2.88. The molecule has 0 aliphatic heterocycles. The van der Waals surface area contributed by atoms with Gasteiger partial charge in [0.05, 0.1) is 18.8 Å². The zero-order valence-corrected chi connectivity index (χ0v) is 21.7. The molecule has 1 amide bonds. The van der Waals surface area contributed by atoms with Gasteiger partial charge in [-0.2, -0.15) is 0 Å². The topological polar surface area (TPSA) is 91.5 Å². The molecule has 176 valence electrons. The number of hydrogen-bond donors (Lipinski definition) is 3. The van der Waals surface area contributed by atoms with E-state index in [4.69, 9.17) is 4.42 Å². The molecule has 0 saturated heterocycles. The van der Waals surface area contributed by atoms with Gasteiger partial charge >= 0.3 is 0 Å². The minimum absolute atomic E-state index is 0. The quantitative estimate of drug-likeness (QED) is 0.188. The van der Waals surface area contributed by atoms with Gasteiger partial charge in [-0.25, -0.2) is 9.98 Å². The van der Waals surface area contributed by atoms with Gasteiger partial charge in [0.1, 0.15) is 6.26 Å². The van der Waals surface area contributed by atoms with Crippen LogP contribution in [0.2, 0.25) is 0 Å². The number of carbonyl (C=O) groups is 1. The number of nitrogens with zero attached hydrogens (tertiary/aromatic N) is 2. The van der Waals surface area contributed by atoms with Crippen LogP contribution in [-0.2, 0) is 17.9 Å². The number of aryl methyl sites for hydroxylation is 1. The van der Waals surface area contributed by atoms with Crippen LogP contribution in [0.3, 0.4) is 0 Å². The number of hydrogen-bond acceptors (Lipinski definition) is 4. The number of anilines is 1. The van der Waals surface area contributed by atoms with Crippen molar-refractivity contribution in [3.05, 3.63) is 71.6 Å². The zero-order valence-electron chi connectivity index (χ0n) is 19.4. The predicted molar refractivity (Wildman–Crippen MR) is 144 cm³/mol. The SMILES string of the molecule is CCCC(=O)Nc1ccc(CN=C(NCC)NCc2coc(-c3ccc(C)cc3)n2)cc1.I. The van der Waals surface area contributed by atoms with Crippen molar-refractivity contribution < 1.29 is 9.21 Å². The van der Waals surface area contributed by atoms with Gasteiger partial charge in [0.25, 0.3) is 0 Å². The van der Waals surface area contributed by atoms with E-state index >= 15 is 0 Å². The van der Waals surface area contributed by atoms with Crippen LogP contribution >= 0.6 is 24.0 Å². The monoisotopic (exact) mass is 561 g/mol. The lowest BCUT2D eigenvalue weighted by molar-refractivity contribution is -0.116. The lowest BCUT2D eigenvalue weighted by atomic mass is 10.1. The summed E-state index contributed by atoms with van der Waals surface area (Å²) in [6.45, 7) is 7.84. The molecule has 33 heavy (non-hydrogen) atoms. The maximum Gasteiger partial charge on any atom is 0.226 e. The number of carbonyl (C=O) groups excluding carboxylic acids is 1. The van der Waals surface area contributed by atoms with Crippen LogP contribution in [0, 0.1) is 6.92 Å². The van der Waals surface area contributed by atoms with Crippen molar-refractivity contribution in [1.29, 1.82) is 0 Å². The molecule has 2 aromatic carbocycles. The summed E-state index contributed by atoms with van der Waals surface area (Å²) >= 11 is 0. The van der Waals surface area contributed by atoms with Gasteiger partial charge in [-0.05, 0) is 50.1 Å². The molecule has 0 fully saturated rings. The molecule has 1 aromatic heterocycles. The summed E-state index contributed by atoms with van der Waals surface area (Å²) in [5.74, 6) is 1.35. The van der Waals surface area contributed by atoms with Crippen LogP contribution in [0.15, 0.2) is 64.2 Å². The molecule has 0 unspecified atom stereocenters. The standard InChI is InChI=1S/C25H31N5O2.HI/c1-4-6-23(31)29-21-13-9-19(10-14-21)15-27-25(26-5-2)28-16-22-17-32-24(30-22)20-11-7-18(3)8-12-20;/h7-14,17H,4-6,15-16H2,1-3H3,(H,29,31)(H2,26,27,28);1H. The van der Waals surface area contributed by atoms with Crippen LogP contribution in [0.1, 0.15) is 43.5 Å². The molecule has 7 nitrogen and oxygen atoms in total. The number of halogens is 1. The third-order valence-electron chi connectivity index (χ3n) is 4.77. The highest BCUT2D eigenvalue weighted by atomic mass is 127. The van der Waals surface area contributed by atoms with Crippen molar-refractivity contribution in [2.75, 3.05) is 11.9 Å². The Morgan fingerprint density at radius 3 is 2.42 bits per heavy atom. The molecule has 0 saturated carbocycles. The van der Waals surface area contributed by atoms with Crippen LogP contribution in [0.25, 0.3) is 11.5 Å². The number of nitrogens with one attached hydrogen (secondary N) is 3. The molecule has 3 aromatic rings. The van der Waals surface area contributed by atoms with E-state index in [-0.39, 0.29) is 29.9 Å². The fraction of sp³-hybridized carbons (Fsp3) is 0.320. The van der Waals surface area contributed by atoms with E-state index in [9.17, 15) is 4.79 Å². The molecular weight excluding hydrogens is 529 g/mol. The summed E-state index contributed by atoms with van der Waals surface area (Å²) in [7, 11) is 0. The van der Waals surface area contributed by atoms with Crippen molar-refractivity contribution in [2.24, 2.45) is 4.99 Å². The molecule has 0 atom stereocenters. The van der Waals surface area contributed by atoms with Gasteiger partial charge in [0, 0.05) is 24.2 Å². The van der Waals surface area contributed by atoms with Crippen LogP contribution < -0.4 is 16.0 Å². The summed E-state index contributed by atoms with van der Waals surface area (Å²) in [6, 6.07) is 15.8. The zero-order chi connectivity index (χ0) is 22.8. The Kier molecular flexibility index (Phi) is 10.9. The summed E-state index contributed by atoms with van der Waals surface area (Å²) in [6.07, 6.45) is 3.03. The normalized spacial score (nSPS) is 10.9. The number of aliphatic imine (C=N–C) groups is 1. The molecule has 0 radical (unpaired) electrons. The molecule has 3 N–H and O–H groups in total. The lowest BCUT2D eigenvalue weighted by Crippen LogP contribution is -2.36. The fourth-order valence-corrected chi connectivity index (χ4v) is 3.05. The Bertz CT molecular complexity index is 1030. The van der Waals surface area contributed by atoms with E-state index < -0.39 is 0 Å². The van der Waals surface area contributed by atoms with Crippen molar-refractivity contribution in [3.8, 4) is 11.5 Å². The highest BCUT2D eigenvalue weighted by Crippen LogP contribution is 2.19. The molecule has 0 aliphatic carbocycles. The van der Waals surface area contributed by atoms with Gasteiger partial charge in [-0.1, -0.05) is 36.8 Å². The first-order chi connectivity index (χ1) is 15.6. The average Bonchev–Trinajstić information content (AvgIpc) is 3.26. The summed E-state index contributed by atoms with van der Waals surface area (Å²) in [4.78, 5) is 20.9. The molecule has 0 spiro atoms. The van der Waals surface area contributed by atoms with Gasteiger partial charge < -0.3 is 20.4 Å². The van der Waals surface area contributed by atoms with E-state index in [1.165, 1.54) is 5.56 Å². The minimum atomic E-state index is 0. The maximum atomic E-state index is 11.7. The number of benzene rings is 2. The highest BCUT2D eigenvalue weighted by molar-refractivity contribution is 14.0. The van der Waals surface area contributed by atoms with Crippen LogP contribution in [0.4, 0.5) is 5.69 Å².